The van der Waals surface area contributed by atoms with Gasteiger partial charge in [0.05, 0.1) is 0 Å². The van der Waals surface area contributed by atoms with E-state index in [1.165, 1.54) is 44.2 Å². The van der Waals surface area contributed by atoms with E-state index in [-0.39, 0.29) is 0 Å². The highest BCUT2D eigenvalue weighted by Crippen LogP contribution is 2.42. The summed E-state index contributed by atoms with van der Waals surface area (Å²) in [5.74, 6) is 0. The van der Waals surface area contributed by atoms with Crippen LogP contribution in [0, 0.1) is 0 Å². The minimum Gasteiger partial charge on any atom is -0.167 e. The lowest BCUT2D eigenvalue weighted by molar-refractivity contribution is 0.673. The van der Waals surface area contributed by atoms with Crippen LogP contribution in [0.25, 0.3) is 0 Å². The SMILES string of the molecule is CCCC(C)[Si]1(Cl)CCCCC1. The molecule has 2 heteroatoms. The first-order valence-electron chi connectivity index (χ1n) is 5.38. The molecule has 0 radical (unpaired) electrons. The molecule has 1 unspecified atom stereocenters. The van der Waals surface area contributed by atoms with Crippen LogP contribution < -0.4 is 0 Å². The van der Waals surface area contributed by atoms with Gasteiger partial charge in [0.2, 0.25) is 0 Å². The first kappa shape index (κ1) is 10.6. The van der Waals surface area contributed by atoms with Crippen LogP contribution in [-0.2, 0) is 0 Å². The summed E-state index contributed by atoms with van der Waals surface area (Å²) in [7, 11) is -1.29. The Morgan fingerprint density at radius 1 is 1.25 bits per heavy atom. The summed E-state index contributed by atoms with van der Waals surface area (Å²) in [6.45, 7) is 4.65. The van der Waals surface area contributed by atoms with Crippen molar-refractivity contribution in [3.63, 3.8) is 0 Å². The molecule has 1 rings (SSSR count). The molecule has 0 aromatic carbocycles. The standard InChI is InChI=1S/C10H21ClSi/c1-3-7-10(2)12(11)8-5-4-6-9-12/h10H,3-9H2,1-2H3. The molecule has 0 nitrogen and oxygen atoms in total. The van der Waals surface area contributed by atoms with Gasteiger partial charge >= 0.3 is 0 Å². The average Bonchev–Trinajstić information content (AvgIpc) is 2.06. The normalized spacial score (nSPS) is 25.2. The van der Waals surface area contributed by atoms with Crippen molar-refractivity contribution in [3.8, 4) is 0 Å². The van der Waals surface area contributed by atoms with E-state index in [4.69, 9.17) is 11.1 Å². The molecule has 1 atom stereocenters. The predicted molar refractivity (Wildman–Crippen MR) is 59.4 cm³/mol. The zero-order valence-electron chi connectivity index (χ0n) is 8.41. The summed E-state index contributed by atoms with van der Waals surface area (Å²) in [5.41, 5.74) is 0.851. The smallest absolute Gasteiger partial charge is 0.159 e. The fourth-order valence-electron chi connectivity index (χ4n) is 2.32. The Morgan fingerprint density at radius 3 is 2.33 bits per heavy atom. The average molecular weight is 205 g/mol. The van der Waals surface area contributed by atoms with Gasteiger partial charge in [0, 0.05) is 0 Å². The Morgan fingerprint density at radius 2 is 1.83 bits per heavy atom. The number of hydrogen-bond donors (Lipinski definition) is 0. The van der Waals surface area contributed by atoms with Gasteiger partial charge in [-0.05, 0) is 17.6 Å². The van der Waals surface area contributed by atoms with Gasteiger partial charge in [-0.3, -0.25) is 0 Å². The molecule has 12 heavy (non-hydrogen) atoms. The summed E-state index contributed by atoms with van der Waals surface area (Å²) >= 11 is 6.74. The molecule has 72 valence electrons. The van der Waals surface area contributed by atoms with Gasteiger partial charge in [0.15, 0.2) is 7.38 Å². The molecule has 1 heterocycles. The summed E-state index contributed by atoms with van der Waals surface area (Å²) in [6.07, 6.45) is 6.91. The molecule has 0 bridgehead atoms. The molecule has 1 saturated heterocycles. The summed E-state index contributed by atoms with van der Waals surface area (Å²) in [5, 5.41) is 0. The van der Waals surface area contributed by atoms with Crippen molar-refractivity contribution < 1.29 is 0 Å². The van der Waals surface area contributed by atoms with Crippen molar-refractivity contribution in [1.82, 2.24) is 0 Å². The molecule has 1 aliphatic heterocycles. The molecular weight excluding hydrogens is 184 g/mol. The van der Waals surface area contributed by atoms with E-state index >= 15 is 0 Å². The van der Waals surface area contributed by atoms with Crippen molar-refractivity contribution in [1.29, 1.82) is 0 Å². The lowest BCUT2D eigenvalue weighted by atomic mass is 10.2. The van der Waals surface area contributed by atoms with E-state index in [0.717, 1.165) is 5.54 Å². The van der Waals surface area contributed by atoms with Gasteiger partial charge in [-0.2, -0.15) is 11.1 Å². The van der Waals surface area contributed by atoms with E-state index in [1.54, 1.807) is 0 Å². The van der Waals surface area contributed by atoms with Crippen LogP contribution >= 0.6 is 11.1 Å². The summed E-state index contributed by atoms with van der Waals surface area (Å²) < 4.78 is 0. The van der Waals surface area contributed by atoms with Gasteiger partial charge < -0.3 is 0 Å². The molecule has 0 N–H and O–H groups in total. The third-order valence-corrected chi connectivity index (χ3v) is 9.97. The highest BCUT2D eigenvalue weighted by atomic mass is 35.6. The first-order chi connectivity index (χ1) is 5.69. The Balaban J connectivity index is 2.44. The second-order valence-corrected chi connectivity index (χ2v) is 10.6. The fraction of sp³-hybridized carbons (Fsp3) is 1.00. The minimum absolute atomic E-state index is 0.851. The van der Waals surface area contributed by atoms with Gasteiger partial charge in [-0.15, -0.1) is 0 Å². The van der Waals surface area contributed by atoms with Gasteiger partial charge in [-0.25, -0.2) is 0 Å². The quantitative estimate of drug-likeness (QED) is 0.468. The van der Waals surface area contributed by atoms with E-state index < -0.39 is 7.38 Å². The second kappa shape index (κ2) is 4.66. The van der Waals surface area contributed by atoms with Crippen molar-refractivity contribution in [2.75, 3.05) is 0 Å². The lowest BCUT2D eigenvalue weighted by Crippen LogP contribution is -2.34. The van der Waals surface area contributed by atoms with Gasteiger partial charge in [0.1, 0.15) is 0 Å². The highest BCUT2D eigenvalue weighted by Gasteiger charge is 2.37. The maximum Gasteiger partial charge on any atom is 0.159 e. The minimum atomic E-state index is -1.29. The monoisotopic (exact) mass is 204 g/mol. The van der Waals surface area contributed by atoms with E-state index in [1.807, 2.05) is 0 Å². The van der Waals surface area contributed by atoms with E-state index in [9.17, 15) is 0 Å². The van der Waals surface area contributed by atoms with Crippen molar-refractivity contribution in [3.05, 3.63) is 0 Å². The Kier molecular flexibility index (Phi) is 4.11. The molecule has 0 spiro atoms. The number of hydrogen-bond acceptors (Lipinski definition) is 0. The maximum atomic E-state index is 6.74. The van der Waals surface area contributed by atoms with Crippen LogP contribution in [0.2, 0.25) is 17.6 Å². The molecule has 0 saturated carbocycles. The zero-order chi connectivity index (χ0) is 9.03. The third kappa shape index (κ3) is 2.50. The van der Waals surface area contributed by atoms with E-state index in [0.29, 0.717) is 0 Å². The number of rotatable bonds is 3. The van der Waals surface area contributed by atoms with Gasteiger partial charge in [-0.1, -0.05) is 46.0 Å². The summed E-state index contributed by atoms with van der Waals surface area (Å²) in [4.78, 5) is 0. The Bertz CT molecular complexity index is 130. The molecule has 1 aliphatic rings. The fourth-order valence-corrected chi connectivity index (χ4v) is 7.17. The maximum absolute atomic E-state index is 6.74. The van der Waals surface area contributed by atoms with Crippen LogP contribution in [0.1, 0.15) is 46.0 Å². The third-order valence-electron chi connectivity index (χ3n) is 3.29. The summed E-state index contributed by atoms with van der Waals surface area (Å²) in [6, 6.07) is 2.77. The molecule has 0 aromatic rings. The molecule has 1 fully saturated rings. The van der Waals surface area contributed by atoms with Crippen molar-refractivity contribution in [2.45, 2.75) is 63.6 Å². The topological polar surface area (TPSA) is 0 Å². The highest BCUT2D eigenvalue weighted by molar-refractivity contribution is 7.21. The van der Waals surface area contributed by atoms with Crippen molar-refractivity contribution >= 4 is 18.5 Å². The Hall–Kier alpha value is 0.507. The van der Waals surface area contributed by atoms with Crippen LogP contribution in [-0.4, -0.2) is 7.38 Å². The molecule has 0 aromatic heterocycles. The Labute approximate surface area is 82.4 Å². The largest absolute Gasteiger partial charge is 0.167 e. The first-order valence-corrected chi connectivity index (χ1v) is 8.88. The van der Waals surface area contributed by atoms with Crippen molar-refractivity contribution in [2.24, 2.45) is 0 Å². The van der Waals surface area contributed by atoms with Crippen LogP contribution in [0.3, 0.4) is 0 Å². The molecule has 0 amide bonds. The van der Waals surface area contributed by atoms with Crippen LogP contribution in [0.5, 0.6) is 0 Å². The van der Waals surface area contributed by atoms with Crippen LogP contribution in [0.4, 0.5) is 0 Å². The number of halogens is 1. The van der Waals surface area contributed by atoms with Crippen LogP contribution in [0.15, 0.2) is 0 Å². The van der Waals surface area contributed by atoms with E-state index in [2.05, 4.69) is 13.8 Å². The zero-order valence-corrected chi connectivity index (χ0v) is 10.2. The molecular formula is C10H21ClSi. The van der Waals surface area contributed by atoms with Gasteiger partial charge in [0.25, 0.3) is 0 Å². The molecule has 0 aliphatic carbocycles. The lowest BCUT2D eigenvalue weighted by Gasteiger charge is -2.34. The second-order valence-electron chi connectivity index (χ2n) is 4.29. The predicted octanol–water partition coefficient (Wildman–Crippen LogP) is 4.54.